The van der Waals surface area contributed by atoms with E-state index in [9.17, 15) is 0 Å². The summed E-state index contributed by atoms with van der Waals surface area (Å²) in [5.41, 5.74) is 0.242. The van der Waals surface area contributed by atoms with Crippen molar-refractivity contribution in [3.05, 3.63) is 5.82 Å². The van der Waals surface area contributed by atoms with Crippen molar-refractivity contribution in [1.82, 2.24) is 25.5 Å². The Morgan fingerprint density at radius 3 is 2.30 bits per heavy atom. The lowest BCUT2D eigenvalue weighted by Gasteiger charge is -2.56. The second-order valence-electron chi connectivity index (χ2n) is 7.68. The number of nitrogens with one attached hydrogen (secondary N) is 1. The molecule has 0 aromatic carbocycles. The largest absolute Gasteiger partial charge is 0.308 e. The molecule has 1 heterocycles. The summed E-state index contributed by atoms with van der Waals surface area (Å²) >= 11 is 0. The van der Waals surface area contributed by atoms with Crippen LogP contribution in [0.25, 0.3) is 0 Å². The lowest BCUT2D eigenvalue weighted by atomic mass is 9.53. The first-order chi connectivity index (χ1) is 9.64. The van der Waals surface area contributed by atoms with Gasteiger partial charge in [-0.15, -0.1) is 5.10 Å². The van der Waals surface area contributed by atoms with E-state index >= 15 is 0 Å². The van der Waals surface area contributed by atoms with Gasteiger partial charge < -0.3 is 5.32 Å². The van der Waals surface area contributed by atoms with Crippen LogP contribution < -0.4 is 5.32 Å². The normalized spacial score (nSPS) is 38.9. The van der Waals surface area contributed by atoms with Gasteiger partial charge in [0.2, 0.25) is 0 Å². The van der Waals surface area contributed by atoms with Crippen molar-refractivity contribution < 1.29 is 0 Å². The third-order valence-electron chi connectivity index (χ3n) is 5.66. The number of hydrogen-bond acceptors (Lipinski definition) is 4. The zero-order valence-corrected chi connectivity index (χ0v) is 12.5. The van der Waals surface area contributed by atoms with E-state index in [0.29, 0.717) is 6.04 Å². The molecule has 1 aromatic rings. The van der Waals surface area contributed by atoms with Gasteiger partial charge in [0, 0.05) is 6.04 Å². The minimum Gasteiger partial charge on any atom is -0.308 e. The molecule has 0 amide bonds. The smallest absolute Gasteiger partial charge is 0.165 e. The van der Waals surface area contributed by atoms with Crippen molar-refractivity contribution in [2.24, 2.45) is 17.8 Å². The predicted molar refractivity (Wildman–Crippen MR) is 75.9 cm³/mol. The van der Waals surface area contributed by atoms with Crippen molar-refractivity contribution in [1.29, 1.82) is 0 Å². The van der Waals surface area contributed by atoms with Crippen LogP contribution >= 0.6 is 0 Å². The molecule has 0 spiro atoms. The fourth-order valence-corrected chi connectivity index (χ4v) is 5.30. The van der Waals surface area contributed by atoms with Gasteiger partial charge in [-0.2, -0.15) is 0 Å². The highest BCUT2D eigenvalue weighted by Crippen LogP contribution is 2.58. The maximum absolute atomic E-state index is 4.40. The first-order valence-electron chi connectivity index (χ1n) is 8.16. The van der Waals surface area contributed by atoms with Gasteiger partial charge in [-0.1, -0.05) is 13.8 Å². The maximum Gasteiger partial charge on any atom is 0.165 e. The molecule has 20 heavy (non-hydrogen) atoms. The van der Waals surface area contributed by atoms with Crippen LogP contribution in [0.2, 0.25) is 0 Å². The molecule has 110 valence electrons. The summed E-state index contributed by atoms with van der Waals surface area (Å²) in [5.74, 6) is 3.81. The highest BCUT2D eigenvalue weighted by atomic mass is 15.6. The van der Waals surface area contributed by atoms with Crippen LogP contribution in [0.4, 0.5) is 0 Å². The second-order valence-corrected chi connectivity index (χ2v) is 7.68. The number of hydrogen-bond donors (Lipinski definition) is 1. The average Bonchev–Trinajstić information content (AvgIpc) is 2.83. The molecule has 5 nitrogen and oxygen atoms in total. The lowest BCUT2D eigenvalue weighted by molar-refractivity contribution is -0.0518. The Labute approximate surface area is 120 Å². The molecule has 0 atom stereocenters. The molecule has 4 fully saturated rings. The van der Waals surface area contributed by atoms with Crippen LogP contribution in [0.3, 0.4) is 0 Å². The monoisotopic (exact) mass is 275 g/mol. The van der Waals surface area contributed by atoms with Crippen molar-refractivity contribution in [2.75, 3.05) is 0 Å². The molecule has 4 aliphatic carbocycles. The summed E-state index contributed by atoms with van der Waals surface area (Å²) in [4.78, 5) is 0. The number of tetrazole rings is 1. The number of rotatable bonds is 4. The maximum atomic E-state index is 4.40. The second kappa shape index (κ2) is 4.52. The van der Waals surface area contributed by atoms with Gasteiger partial charge in [-0.25, -0.2) is 4.68 Å². The van der Waals surface area contributed by atoms with E-state index in [0.717, 1.165) is 30.1 Å². The summed E-state index contributed by atoms with van der Waals surface area (Å²) < 4.78 is 2.20. The van der Waals surface area contributed by atoms with E-state index in [1.54, 1.807) is 0 Å². The number of nitrogens with zero attached hydrogens (tertiary/aromatic N) is 4. The Morgan fingerprint density at radius 1 is 1.15 bits per heavy atom. The molecule has 5 heteroatoms. The van der Waals surface area contributed by atoms with Crippen molar-refractivity contribution >= 4 is 0 Å². The highest BCUT2D eigenvalue weighted by Gasteiger charge is 2.53. The summed E-state index contributed by atoms with van der Waals surface area (Å²) in [6.07, 6.45) is 8.29. The first kappa shape index (κ1) is 12.7. The van der Waals surface area contributed by atoms with Gasteiger partial charge in [-0.3, -0.25) is 0 Å². The van der Waals surface area contributed by atoms with Gasteiger partial charge in [0.25, 0.3) is 0 Å². The molecular formula is C15H25N5. The van der Waals surface area contributed by atoms with Crippen molar-refractivity contribution in [2.45, 2.75) is 70.5 Å². The fourth-order valence-electron chi connectivity index (χ4n) is 5.30. The van der Waals surface area contributed by atoms with Crippen molar-refractivity contribution in [3.8, 4) is 0 Å². The predicted octanol–water partition coefficient (Wildman–Crippen LogP) is 2.10. The van der Waals surface area contributed by atoms with E-state index in [1.807, 2.05) is 0 Å². The van der Waals surface area contributed by atoms with E-state index in [4.69, 9.17) is 0 Å². The molecule has 0 radical (unpaired) electrons. The highest BCUT2D eigenvalue weighted by molar-refractivity contribution is 5.06. The molecule has 4 aliphatic rings. The van der Waals surface area contributed by atoms with E-state index in [2.05, 4.69) is 39.4 Å². The van der Waals surface area contributed by atoms with Crippen molar-refractivity contribution in [3.63, 3.8) is 0 Å². The molecule has 0 saturated heterocycles. The fraction of sp³-hybridized carbons (Fsp3) is 0.933. The minimum absolute atomic E-state index is 0.242. The molecule has 0 unspecified atom stereocenters. The average molecular weight is 275 g/mol. The van der Waals surface area contributed by atoms with Crippen LogP contribution in [-0.2, 0) is 12.1 Å². The molecule has 4 bridgehead atoms. The standard InChI is InChI=1S/C15H25N5/c1-10(2)16-9-14-17-18-19-20(14)15-6-11-3-12(7-15)5-13(4-11)8-15/h10-13,16H,3-9H2,1-2H3. The third-order valence-corrected chi connectivity index (χ3v) is 5.66. The minimum atomic E-state index is 0.242. The molecule has 4 saturated carbocycles. The van der Waals surface area contributed by atoms with Crippen LogP contribution in [0.15, 0.2) is 0 Å². The zero-order valence-electron chi connectivity index (χ0n) is 12.5. The quantitative estimate of drug-likeness (QED) is 0.914. The van der Waals surface area contributed by atoms with Crippen LogP contribution in [0.1, 0.15) is 58.2 Å². The first-order valence-corrected chi connectivity index (χ1v) is 8.16. The molecule has 1 aromatic heterocycles. The summed E-state index contributed by atoms with van der Waals surface area (Å²) in [5, 5.41) is 16.1. The topological polar surface area (TPSA) is 55.6 Å². The molecule has 5 rings (SSSR count). The van der Waals surface area contributed by atoms with E-state index in [1.165, 1.54) is 38.5 Å². The zero-order chi connectivity index (χ0) is 13.7. The summed E-state index contributed by atoms with van der Waals surface area (Å²) in [6, 6.07) is 0.469. The van der Waals surface area contributed by atoms with Crippen LogP contribution in [-0.4, -0.2) is 26.2 Å². The van der Waals surface area contributed by atoms with Gasteiger partial charge in [0.05, 0.1) is 12.1 Å². The summed E-state index contributed by atoms with van der Waals surface area (Å²) in [7, 11) is 0. The lowest BCUT2D eigenvalue weighted by Crippen LogP contribution is -2.53. The Morgan fingerprint density at radius 2 is 1.75 bits per heavy atom. The van der Waals surface area contributed by atoms with Gasteiger partial charge in [0.1, 0.15) is 0 Å². The van der Waals surface area contributed by atoms with E-state index < -0.39 is 0 Å². The third kappa shape index (κ3) is 1.98. The molecule has 0 aliphatic heterocycles. The van der Waals surface area contributed by atoms with E-state index in [-0.39, 0.29) is 5.54 Å². The Balaban J connectivity index is 1.62. The van der Waals surface area contributed by atoms with Gasteiger partial charge in [0.15, 0.2) is 5.82 Å². The Kier molecular flexibility index (Phi) is 2.88. The Hall–Kier alpha value is -0.970. The molecular weight excluding hydrogens is 250 g/mol. The Bertz CT molecular complexity index is 457. The number of aromatic nitrogens is 4. The molecule has 1 N–H and O–H groups in total. The van der Waals surface area contributed by atoms with Crippen LogP contribution in [0, 0.1) is 17.8 Å². The summed E-state index contributed by atoms with van der Waals surface area (Å²) in [6.45, 7) is 5.12. The SMILES string of the molecule is CC(C)NCc1nnnn1C12CC3CC(CC(C3)C1)C2. The van der Waals surface area contributed by atoms with Crippen LogP contribution in [0.5, 0.6) is 0 Å². The van der Waals surface area contributed by atoms with Gasteiger partial charge in [-0.05, 0) is 66.7 Å². The van der Waals surface area contributed by atoms with Gasteiger partial charge >= 0.3 is 0 Å².